The fourth-order valence-electron chi connectivity index (χ4n) is 1.95. The monoisotopic (exact) mass is 230 g/mol. The molecule has 1 aromatic carbocycles. The molecule has 1 N–H and O–H groups in total. The maximum Gasteiger partial charge on any atom is 0.128 e. The predicted octanol–water partition coefficient (Wildman–Crippen LogP) is 2.84. The standard InChI is InChI=1S/C14H15FN2/c1-10-7-11(9-17-8-10)14(16-2)12-5-3-4-6-13(12)15/h3-9,14,16H,1-2H3. The first-order valence-corrected chi connectivity index (χ1v) is 5.55. The molecule has 1 heterocycles. The van der Waals surface area contributed by atoms with Gasteiger partial charge in [0.25, 0.3) is 0 Å². The quantitative estimate of drug-likeness (QED) is 0.877. The first-order valence-electron chi connectivity index (χ1n) is 5.55. The number of pyridine rings is 1. The molecule has 17 heavy (non-hydrogen) atoms. The second kappa shape index (κ2) is 5.06. The Morgan fingerprint density at radius 2 is 2.00 bits per heavy atom. The third-order valence-electron chi connectivity index (χ3n) is 2.73. The number of rotatable bonds is 3. The number of benzene rings is 1. The van der Waals surface area contributed by atoms with Gasteiger partial charge in [0.1, 0.15) is 5.82 Å². The molecular formula is C14H15FN2. The molecule has 0 radical (unpaired) electrons. The van der Waals surface area contributed by atoms with Gasteiger partial charge in [-0.3, -0.25) is 4.98 Å². The largest absolute Gasteiger partial charge is 0.309 e. The van der Waals surface area contributed by atoms with E-state index in [1.54, 1.807) is 24.5 Å². The molecule has 0 aliphatic heterocycles. The van der Waals surface area contributed by atoms with Crippen LogP contribution in [0.25, 0.3) is 0 Å². The molecule has 0 aliphatic carbocycles. The molecule has 3 heteroatoms. The molecule has 1 aromatic heterocycles. The van der Waals surface area contributed by atoms with Gasteiger partial charge in [-0.15, -0.1) is 0 Å². The fraction of sp³-hybridized carbons (Fsp3) is 0.214. The van der Waals surface area contributed by atoms with Crippen LogP contribution in [0.1, 0.15) is 22.7 Å². The van der Waals surface area contributed by atoms with Crippen molar-refractivity contribution in [3.8, 4) is 0 Å². The summed E-state index contributed by atoms with van der Waals surface area (Å²) in [4.78, 5) is 4.15. The summed E-state index contributed by atoms with van der Waals surface area (Å²) in [5.41, 5.74) is 2.68. The van der Waals surface area contributed by atoms with Crippen molar-refractivity contribution in [1.82, 2.24) is 10.3 Å². The highest BCUT2D eigenvalue weighted by molar-refractivity contribution is 5.32. The Bertz CT molecular complexity index is 511. The Kier molecular flexibility index (Phi) is 3.49. The van der Waals surface area contributed by atoms with E-state index in [0.29, 0.717) is 5.56 Å². The predicted molar refractivity (Wildman–Crippen MR) is 66.3 cm³/mol. The van der Waals surface area contributed by atoms with Crippen LogP contribution in [0.15, 0.2) is 42.7 Å². The van der Waals surface area contributed by atoms with Gasteiger partial charge >= 0.3 is 0 Å². The van der Waals surface area contributed by atoms with E-state index in [2.05, 4.69) is 10.3 Å². The number of nitrogens with zero attached hydrogens (tertiary/aromatic N) is 1. The van der Waals surface area contributed by atoms with Gasteiger partial charge in [-0.25, -0.2) is 4.39 Å². The van der Waals surface area contributed by atoms with E-state index in [9.17, 15) is 4.39 Å². The van der Waals surface area contributed by atoms with Crippen LogP contribution in [-0.2, 0) is 0 Å². The molecule has 88 valence electrons. The fourth-order valence-corrected chi connectivity index (χ4v) is 1.95. The molecule has 0 fully saturated rings. The topological polar surface area (TPSA) is 24.9 Å². The smallest absolute Gasteiger partial charge is 0.128 e. The Morgan fingerprint density at radius 3 is 2.65 bits per heavy atom. The van der Waals surface area contributed by atoms with Crippen LogP contribution >= 0.6 is 0 Å². The number of aryl methyl sites for hydroxylation is 1. The molecule has 1 atom stereocenters. The average Bonchev–Trinajstić information content (AvgIpc) is 2.33. The lowest BCUT2D eigenvalue weighted by atomic mass is 9.99. The third-order valence-corrected chi connectivity index (χ3v) is 2.73. The number of aromatic nitrogens is 1. The summed E-state index contributed by atoms with van der Waals surface area (Å²) in [6.45, 7) is 1.98. The number of halogens is 1. The number of hydrogen-bond acceptors (Lipinski definition) is 2. The SMILES string of the molecule is CNC(c1cncc(C)c1)c1ccccc1F. The summed E-state index contributed by atoms with van der Waals surface area (Å²) < 4.78 is 13.8. The van der Waals surface area contributed by atoms with Crippen molar-refractivity contribution in [2.75, 3.05) is 7.05 Å². The molecule has 1 unspecified atom stereocenters. The van der Waals surface area contributed by atoms with Gasteiger partial charge in [0, 0.05) is 18.0 Å². The van der Waals surface area contributed by atoms with Crippen LogP contribution < -0.4 is 5.32 Å². The molecule has 2 nitrogen and oxygen atoms in total. The second-order valence-electron chi connectivity index (χ2n) is 4.04. The summed E-state index contributed by atoms with van der Waals surface area (Å²) in [6, 6.07) is 8.65. The molecule has 0 bridgehead atoms. The molecule has 0 spiro atoms. The minimum atomic E-state index is -0.201. The van der Waals surface area contributed by atoms with E-state index >= 15 is 0 Å². The van der Waals surface area contributed by atoms with Crippen molar-refractivity contribution in [3.63, 3.8) is 0 Å². The average molecular weight is 230 g/mol. The van der Waals surface area contributed by atoms with Gasteiger partial charge in [0.2, 0.25) is 0 Å². The Hall–Kier alpha value is -1.74. The minimum absolute atomic E-state index is 0.163. The summed E-state index contributed by atoms with van der Waals surface area (Å²) in [5.74, 6) is -0.201. The van der Waals surface area contributed by atoms with Crippen molar-refractivity contribution in [1.29, 1.82) is 0 Å². The Balaban J connectivity index is 2.44. The van der Waals surface area contributed by atoms with Gasteiger partial charge in [-0.05, 0) is 31.2 Å². The summed E-state index contributed by atoms with van der Waals surface area (Å²) in [5, 5.41) is 3.12. The highest BCUT2D eigenvalue weighted by Crippen LogP contribution is 2.23. The van der Waals surface area contributed by atoms with E-state index in [4.69, 9.17) is 0 Å². The van der Waals surface area contributed by atoms with E-state index in [0.717, 1.165) is 11.1 Å². The molecule has 2 aromatic rings. The lowest BCUT2D eigenvalue weighted by Crippen LogP contribution is -2.19. The first-order chi connectivity index (χ1) is 8.22. The van der Waals surface area contributed by atoms with Crippen LogP contribution in [-0.4, -0.2) is 12.0 Å². The zero-order valence-corrected chi connectivity index (χ0v) is 9.94. The Labute approximate surface area is 101 Å². The van der Waals surface area contributed by atoms with Crippen LogP contribution in [0.2, 0.25) is 0 Å². The Morgan fingerprint density at radius 1 is 1.24 bits per heavy atom. The number of hydrogen-bond donors (Lipinski definition) is 1. The van der Waals surface area contributed by atoms with Crippen LogP contribution in [0.5, 0.6) is 0 Å². The molecular weight excluding hydrogens is 215 g/mol. The lowest BCUT2D eigenvalue weighted by molar-refractivity contribution is 0.575. The molecule has 0 aliphatic rings. The molecule has 0 amide bonds. The van der Waals surface area contributed by atoms with Gasteiger partial charge in [0.15, 0.2) is 0 Å². The van der Waals surface area contributed by atoms with Crippen molar-refractivity contribution >= 4 is 0 Å². The van der Waals surface area contributed by atoms with Crippen molar-refractivity contribution < 1.29 is 4.39 Å². The highest BCUT2D eigenvalue weighted by Gasteiger charge is 2.15. The molecule has 2 rings (SSSR count). The lowest BCUT2D eigenvalue weighted by Gasteiger charge is -2.17. The zero-order chi connectivity index (χ0) is 12.3. The summed E-state index contributed by atoms with van der Waals surface area (Å²) in [6.07, 6.45) is 3.55. The van der Waals surface area contributed by atoms with Crippen molar-refractivity contribution in [3.05, 3.63) is 65.2 Å². The normalized spacial score (nSPS) is 12.4. The van der Waals surface area contributed by atoms with E-state index in [-0.39, 0.29) is 11.9 Å². The van der Waals surface area contributed by atoms with Crippen molar-refractivity contribution in [2.45, 2.75) is 13.0 Å². The highest BCUT2D eigenvalue weighted by atomic mass is 19.1. The molecule has 0 saturated heterocycles. The maximum absolute atomic E-state index is 13.8. The van der Waals surface area contributed by atoms with Gasteiger partial charge in [-0.1, -0.05) is 24.3 Å². The van der Waals surface area contributed by atoms with Crippen LogP contribution in [0, 0.1) is 12.7 Å². The van der Waals surface area contributed by atoms with Crippen LogP contribution in [0.3, 0.4) is 0 Å². The third kappa shape index (κ3) is 2.50. The second-order valence-corrected chi connectivity index (χ2v) is 4.04. The molecule has 0 saturated carbocycles. The van der Waals surface area contributed by atoms with Crippen molar-refractivity contribution in [2.24, 2.45) is 0 Å². The van der Waals surface area contributed by atoms with Gasteiger partial charge < -0.3 is 5.32 Å². The number of nitrogens with one attached hydrogen (secondary N) is 1. The van der Waals surface area contributed by atoms with E-state index in [1.807, 2.05) is 26.1 Å². The summed E-state index contributed by atoms with van der Waals surface area (Å²) >= 11 is 0. The maximum atomic E-state index is 13.8. The first kappa shape index (κ1) is 11.7. The minimum Gasteiger partial charge on any atom is -0.309 e. The van der Waals surface area contributed by atoms with Gasteiger partial charge in [-0.2, -0.15) is 0 Å². The van der Waals surface area contributed by atoms with Crippen LogP contribution in [0.4, 0.5) is 4.39 Å². The van der Waals surface area contributed by atoms with Gasteiger partial charge in [0.05, 0.1) is 6.04 Å². The summed E-state index contributed by atoms with van der Waals surface area (Å²) in [7, 11) is 1.82. The van der Waals surface area contributed by atoms with E-state index < -0.39 is 0 Å². The van der Waals surface area contributed by atoms with E-state index in [1.165, 1.54) is 6.07 Å². The zero-order valence-electron chi connectivity index (χ0n) is 9.94.